The fourth-order valence-corrected chi connectivity index (χ4v) is 10.2. The minimum absolute atomic E-state index is 0.0102. The Balaban J connectivity index is 0.895. The Morgan fingerprint density at radius 2 is 1.38 bits per heavy atom. The van der Waals surface area contributed by atoms with Gasteiger partial charge in [0, 0.05) is 51.2 Å². The molecule has 6 heterocycles. The Morgan fingerprint density at radius 3 is 1.89 bits per heavy atom. The lowest BCUT2D eigenvalue weighted by atomic mass is 9.88. The number of ether oxygens (including phenoxy) is 1. The summed E-state index contributed by atoms with van der Waals surface area (Å²) in [6.45, 7) is 11.7. The van der Waals surface area contributed by atoms with Crippen LogP contribution in [0.25, 0.3) is 20.9 Å². The second kappa shape index (κ2) is 19.8. The number of hydrogen-bond acceptors (Lipinski definition) is 14. The maximum atomic E-state index is 14.3. The molecule has 8 rings (SSSR count). The number of nitrogens with zero attached hydrogens (tertiary/aromatic N) is 6. The van der Waals surface area contributed by atoms with E-state index in [0.717, 1.165) is 43.4 Å². The Labute approximate surface area is 390 Å². The standard InChI is InChI=1S/C48H54N8O8S2/c1-7-37(46(60)55-22-35(57)18-38(55)44(58)49-20-30-8-12-32(13-9-30)42-28(3)51-25-65-42)40-17-34(54-63-40)24-62-36-19-39(56(23-36)47(61)48(5,6)41-16-27(2)53-64-41)45(59)50-21-31-10-14-33(15-11-31)43-29(4)52-26-66-43/h8-17,25-26,35-39,57H,7,18-24H2,1-6H3,(H,49,58)(H,50,59)/t35-,36-,37-,38+,39+/m1/s1. The molecule has 4 aromatic heterocycles. The molecule has 0 spiro atoms. The average molecular weight is 935 g/mol. The number of aliphatic hydroxyl groups excluding tert-OH is 1. The average Bonchev–Trinajstić information content (AvgIpc) is 4.19. The quantitative estimate of drug-likeness (QED) is 0.0966. The van der Waals surface area contributed by atoms with E-state index in [0.29, 0.717) is 29.3 Å². The maximum absolute atomic E-state index is 14.3. The third kappa shape index (κ3) is 10.0. The first kappa shape index (κ1) is 46.4. The second-order valence-electron chi connectivity index (χ2n) is 17.5. The van der Waals surface area contributed by atoms with Gasteiger partial charge in [-0.2, -0.15) is 0 Å². The molecule has 5 atom stereocenters. The van der Waals surface area contributed by atoms with Crippen LogP contribution >= 0.6 is 22.7 Å². The maximum Gasteiger partial charge on any atom is 0.243 e. The van der Waals surface area contributed by atoms with Gasteiger partial charge in [0.25, 0.3) is 0 Å². The number of benzene rings is 2. The van der Waals surface area contributed by atoms with Gasteiger partial charge in [-0.1, -0.05) is 65.8 Å². The number of carbonyl (C=O) groups excluding carboxylic acids is 4. The first-order valence-electron chi connectivity index (χ1n) is 22.0. The summed E-state index contributed by atoms with van der Waals surface area (Å²) in [5.41, 5.74) is 9.39. The molecular weight excluding hydrogens is 881 g/mol. The lowest BCUT2D eigenvalue weighted by molar-refractivity contribution is -0.143. The SMILES string of the molecule is CC[C@@H](C(=O)N1C[C@H](O)C[C@H]1C(=O)NCc1ccc(-c2scnc2C)cc1)c1cc(CO[C@@H]2C[C@@H](C(=O)NCc3ccc(-c4scnc4C)cc3)N(C(=O)C(C)(C)c3cc(C)no3)C2)no1. The van der Waals surface area contributed by atoms with Crippen LogP contribution in [0.1, 0.15) is 91.4 Å². The number of aromatic nitrogens is 4. The van der Waals surface area contributed by atoms with E-state index in [2.05, 4.69) is 30.9 Å². The topological polar surface area (TPSA) is 206 Å². The van der Waals surface area contributed by atoms with Crippen molar-refractivity contribution in [1.29, 1.82) is 0 Å². The lowest BCUT2D eigenvalue weighted by Crippen LogP contribution is -2.51. The fraction of sp³-hybridized carbons (Fsp3) is 0.417. The molecule has 0 unspecified atom stereocenters. The van der Waals surface area contributed by atoms with Crippen LogP contribution in [0.15, 0.2) is 80.7 Å². The van der Waals surface area contributed by atoms with Crippen molar-refractivity contribution in [3.63, 3.8) is 0 Å². The van der Waals surface area contributed by atoms with Gasteiger partial charge in [-0.25, -0.2) is 9.97 Å². The van der Waals surface area contributed by atoms with Crippen LogP contribution in [0.2, 0.25) is 0 Å². The van der Waals surface area contributed by atoms with Crippen molar-refractivity contribution in [3.8, 4) is 20.9 Å². The van der Waals surface area contributed by atoms with E-state index in [-0.39, 0.29) is 69.3 Å². The van der Waals surface area contributed by atoms with Gasteiger partial charge in [-0.05, 0) is 63.3 Å². The smallest absolute Gasteiger partial charge is 0.243 e. The summed E-state index contributed by atoms with van der Waals surface area (Å²) in [6, 6.07) is 17.5. The highest BCUT2D eigenvalue weighted by atomic mass is 32.1. The number of carbonyl (C=O) groups is 4. The van der Waals surface area contributed by atoms with Crippen molar-refractivity contribution in [1.82, 2.24) is 40.7 Å². The van der Waals surface area contributed by atoms with Gasteiger partial charge in [-0.15, -0.1) is 22.7 Å². The monoisotopic (exact) mass is 934 g/mol. The fourth-order valence-electron chi connectivity index (χ4n) is 8.60. The summed E-state index contributed by atoms with van der Waals surface area (Å²) in [5.74, 6) is -1.40. The molecule has 0 bridgehead atoms. The predicted molar refractivity (Wildman–Crippen MR) is 247 cm³/mol. The van der Waals surface area contributed by atoms with Crippen LogP contribution in [-0.4, -0.2) is 96.2 Å². The molecule has 4 amide bonds. The van der Waals surface area contributed by atoms with E-state index in [9.17, 15) is 24.3 Å². The van der Waals surface area contributed by atoms with Crippen molar-refractivity contribution in [2.75, 3.05) is 13.1 Å². The number of β-amino-alcohol motifs (C(OH)–C–C–N with tert-alkyl or cyclic N) is 1. The van der Waals surface area contributed by atoms with Gasteiger partial charge in [0.05, 0.1) is 62.6 Å². The molecule has 0 aliphatic carbocycles. The molecule has 18 heteroatoms. The highest BCUT2D eigenvalue weighted by Gasteiger charge is 2.47. The Bertz CT molecular complexity index is 2670. The molecule has 2 aliphatic heterocycles. The second-order valence-corrected chi connectivity index (χ2v) is 19.2. The minimum atomic E-state index is -1.12. The van der Waals surface area contributed by atoms with Gasteiger partial charge < -0.3 is 39.3 Å². The third-order valence-corrected chi connectivity index (χ3v) is 14.4. The molecule has 3 N–H and O–H groups in total. The van der Waals surface area contributed by atoms with Crippen molar-refractivity contribution in [2.45, 2.75) is 116 Å². The summed E-state index contributed by atoms with van der Waals surface area (Å²) in [5, 5.41) is 24.8. The van der Waals surface area contributed by atoms with E-state index in [1.165, 1.54) is 4.90 Å². The molecule has 16 nitrogen and oxygen atoms in total. The molecule has 6 aromatic rings. The van der Waals surface area contributed by atoms with Gasteiger partial charge in [0.2, 0.25) is 23.6 Å². The number of thiazole rings is 2. The van der Waals surface area contributed by atoms with Crippen LogP contribution in [0.3, 0.4) is 0 Å². The molecule has 0 saturated carbocycles. The largest absolute Gasteiger partial charge is 0.391 e. The van der Waals surface area contributed by atoms with Gasteiger partial charge in [-0.3, -0.25) is 19.2 Å². The normalized spacial score (nSPS) is 19.0. The van der Waals surface area contributed by atoms with E-state index >= 15 is 0 Å². The highest BCUT2D eigenvalue weighted by molar-refractivity contribution is 7.13. The van der Waals surface area contributed by atoms with Gasteiger partial charge in [0.15, 0.2) is 5.76 Å². The van der Waals surface area contributed by atoms with Crippen molar-refractivity contribution >= 4 is 46.3 Å². The number of aryl methyl sites for hydroxylation is 3. The summed E-state index contributed by atoms with van der Waals surface area (Å²) in [6.07, 6.45) is -0.695. The number of nitrogens with one attached hydrogen (secondary N) is 2. The Morgan fingerprint density at radius 1 is 0.803 bits per heavy atom. The lowest BCUT2D eigenvalue weighted by Gasteiger charge is -2.31. The summed E-state index contributed by atoms with van der Waals surface area (Å²) >= 11 is 3.15. The van der Waals surface area contributed by atoms with Crippen molar-refractivity contribution in [3.05, 3.63) is 117 Å². The summed E-state index contributed by atoms with van der Waals surface area (Å²) in [4.78, 5) is 69.7. The van der Waals surface area contributed by atoms with Crippen LogP contribution in [0.5, 0.6) is 0 Å². The van der Waals surface area contributed by atoms with Crippen molar-refractivity contribution in [2.24, 2.45) is 0 Å². The zero-order valence-corrected chi connectivity index (χ0v) is 39.4. The summed E-state index contributed by atoms with van der Waals surface area (Å²) in [7, 11) is 0. The number of aliphatic hydroxyl groups is 1. The molecule has 2 saturated heterocycles. The number of amides is 4. The number of hydrogen-bond donors (Lipinski definition) is 3. The summed E-state index contributed by atoms with van der Waals surface area (Å²) < 4.78 is 17.6. The highest BCUT2D eigenvalue weighted by Crippen LogP contribution is 2.34. The Hall–Kier alpha value is -6.08. The van der Waals surface area contributed by atoms with Gasteiger partial charge >= 0.3 is 0 Å². The van der Waals surface area contributed by atoms with E-state index < -0.39 is 35.6 Å². The van der Waals surface area contributed by atoms with Crippen LogP contribution in [0, 0.1) is 20.8 Å². The van der Waals surface area contributed by atoms with Crippen LogP contribution in [-0.2, 0) is 49.0 Å². The zero-order chi connectivity index (χ0) is 46.7. The zero-order valence-electron chi connectivity index (χ0n) is 37.8. The molecule has 2 aliphatic rings. The van der Waals surface area contributed by atoms with E-state index in [4.69, 9.17) is 13.8 Å². The molecule has 2 aromatic carbocycles. The molecule has 2 fully saturated rings. The third-order valence-electron chi connectivity index (χ3n) is 12.4. The molecule has 66 heavy (non-hydrogen) atoms. The molecule has 0 radical (unpaired) electrons. The first-order valence-corrected chi connectivity index (χ1v) is 23.8. The molecule has 346 valence electrons. The predicted octanol–water partition coefficient (Wildman–Crippen LogP) is 6.39. The van der Waals surface area contributed by atoms with Crippen LogP contribution in [0.4, 0.5) is 0 Å². The van der Waals surface area contributed by atoms with Crippen molar-refractivity contribution < 1.29 is 38.1 Å². The first-order chi connectivity index (χ1) is 31.7. The molecular formula is C48H54N8O8S2. The van der Waals surface area contributed by atoms with E-state index in [1.54, 1.807) is 60.5 Å². The minimum Gasteiger partial charge on any atom is -0.391 e. The number of rotatable bonds is 16. The number of likely N-dealkylation sites (tertiary alicyclic amines) is 2. The van der Waals surface area contributed by atoms with Crippen LogP contribution < -0.4 is 10.6 Å². The van der Waals surface area contributed by atoms with E-state index in [1.807, 2.05) is 80.3 Å². The van der Waals surface area contributed by atoms with Gasteiger partial charge in [0.1, 0.15) is 29.0 Å². The Kier molecular flexibility index (Phi) is 13.9.